The van der Waals surface area contributed by atoms with E-state index >= 15 is 0 Å². The summed E-state index contributed by atoms with van der Waals surface area (Å²) in [7, 11) is 0. The Morgan fingerprint density at radius 3 is 3.08 bits per heavy atom. The van der Waals surface area contributed by atoms with Crippen molar-refractivity contribution in [2.75, 3.05) is 0 Å². The van der Waals surface area contributed by atoms with Gasteiger partial charge >= 0.3 is 5.97 Å². The third kappa shape index (κ3) is 2.56. The molecule has 1 aromatic heterocycles. The number of nitrogens with zero attached hydrogens (tertiary/aromatic N) is 2. The van der Waals surface area contributed by atoms with E-state index in [2.05, 4.69) is 4.98 Å². The SMILES string of the molecule is CC(C#N)OC(=O)c1cccnc1. The lowest BCUT2D eigenvalue weighted by Gasteiger charge is -2.04. The molecule has 0 aliphatic heterocycles. The van der Waals surface area contributed by atoms with E-state index in [4.69, 9.17) is 10.00 Å². The highest BCUT2D eigenvalue weighted by atomic mass is 16.5. The van der Waals surface area contributed by atoms with Gasteiger partial charge in [-0.2, -0.15) is 5.26 Å². The Labute approximate surface area is 75.8 Å². The van der Waals surface area contributed by atoms with Crippen molar-refractivity contribution in [1.82, 2.24) is 4.98 Å². The molecule has 4 heteroatoms. The van der Waals surface area contributed by atoms with Crippen LogP contribution in [0.2, 0.25) is 0 Å². The number of pyridine rings is 1. The van der Waals surface area contributed by atoms with E-state index < -0.39 is 12.1 Å². The Balaban J connectivity index is 2.66. The van der Waals surface area contributed by atoms with Crippen molar-refractivity contribution in [1.29, 1.82) is 5.26 Å². The molecule has 0 fully saturated rings. The van der Waals surface area contributed by atoms with Crippen molar-refractivity contribution in [3.63, 3.8) is 0 Å². The fraction of sp³-hybridized carbons (Fsp3) is 0.222. The van der Waals surface area contributed by atoms with Crippen LogP contribution in [0.5, 0.6) is 0 Å². The first kappa shape index (κ1) is 9.20. The van der Waals surface area contributed by atoms with Gasteiger partial charge in [0.25, 0.3) is 0 Å². The molecular formula is C9H8N2O2. The summed E-state index contributed by atoms with van der Waals surface area (Å²) in [5, 5.41) is 8.39. The predicted octanol–water partition coefficient (Wildman–Crippen LogP) is 1.15. The van der Waals surface area contributed by atoms with E-state index in [1.807, 2.05) is 0 Å². The zero-order valence-electron chi connectivity index (χ0n) is 7.10. The van der Waals surface area contributed by atoms with Crippen LogP contribution in [0.1, 0.15) is 17.3 Å². The lowest BCUT2D eigenvalue weighted by atomic mass is 10.3. The molecule has 1 aromatic rings. The van der Waals surface area contributed by atoms with Gasteiger partial charge in [0.15, 0.2) is 6.10 Å². The van der Waals surface area contributed by atoms with Crippen LogP contribution in [0, 0.1) is 11.3 Å². The molecule has 0 amide bonds. The van der Waals surface area contributed by atoms with Gasteiger partial charge in [0.05, 0.1) is 5.56 Å². The van der Waals surface area contributed by atoms with Gasteiger partial charge in [0, 0.05) is 12.4 Å². The average Bonchev–Trinajstić information content (AvgIpc) is 2.19. The Kier molecular flexibility index (Phi) is 2.98. The summed E-state index contributed by atoms with van der Waals surface area (Å²) < 4.78 is 4.75. The number of esters is 1. The summed E-state index contributed by atoms with van der Waals surface area (Å²) in [6.07, 6.45) is 2.23. The topological polar surface area (TPSA) is 63.0 Å². The summed E-state index contributed by atoms with van der Waals surface area (Å²) in [6.45, 7) is 1.51. The minimum absolute atomic E-state index is 0.351. The average molecular weight is 176 g/mol. The van der Waals surface area contributed by atoms with Gasteiger partial charge in [0.1, 0.15) is 6.07 Å². The van der Waals surface area contributed by atoms with Gasteiger partial charge in [0.2, 0.25) is 0 Å². The van der Waals surface area contributed by atoms with Crippen LogP contribution >= 0.6 is 0 Å². The number of carbonyl (C=O) groups excluding carboxylic acids is 1. The third-order valence-corrected chi connectivity index (χ3v) is 1.36. The van der Waals surface area contributed by atoms with E-state index in [9.17, 15) is 4.79 Å². The molecule has 0 spiro atoms. The van der Waals surface area contributed by atoms with Gasteiger partial charge in [-0.25, -0.2) is 4.79 Å². The van der Waals surface area contributed by atoms with Crippen molar-refractivity contribution in [3.05, 3.63) is 30.1 Å². The summed E-state index contributed by atoms with van der Waals surface area (Å²) in [5.74, 6) is -0.526. The molecule has 0 saturated heterocycles. The van der Waals surface area contributed by atoms with Gasteiger partial charge in [-0.3, -0.25) is 4.98 Å². The Morgan fingerprint density at radius 2 is 2.54 bits per heavy atom. The molecule has 4 nitrogen and oxygen atoms in total. The molecule has 0 bridgehead atoms. The number of rotatable bonds is 2. The highest BCUT2D eigenvalue weighted by molar-refractivity contribution is 5.89. The highest BCUT2D eigenvalue weighted by Gasteiger charge is 2.10. The lowest BCUT2D eigenvalue weighted by molar-refractivity contribution is 0.0435. The Morgan fingerprint density at radius 1 is 1.77 bits per heavy atom. The monoisotopic (exact) mass is 176 g/mol. The van der Waals surface area contributed by atoms with E-state index in [1.165, 1.54) is 13.1 Å². The van der Waals surface area contributed by atoms with Crippen LogP contribution in [0.25, 0.3) is 0 Å². The largest absolute Gasteiger partial charge is 0.444 e. The van der Waals surface area contributed by atoms with E-state index in [-0.39, 0.29) is 0 Å². The Hall–Kier alpha value is -1.89. The Bertz CT molecular complexity index is 329. The minimum atomic E-state index is -0.729. The maximum Gasteiger partial charge on any atom is 0.341 e. The van der Waals surface area contributed by atoms with Crippen LogP contribution in [-0.4, -0.2) is 17.1 Å². The molecule has 1 rings (SSSR count). The number of aromatic nitrogens is 1. The quantitative estimate of drug-likeness (QED) is 0.634. The molecule has 0 aromatic carbocycles. The fourth-order valence-corrected chi connectivity index (χ4v) is 0.738. The summed E-state index contributed by atoms with van der Waals surface area (Å²) in [5.41, 5.74) is 0.351. The molecule has 0 saturated carbocycles. The maximum absolute atomic E-state index is 11.2. The smallest absolute Gasteiger partial charge is 0.341 e. The molecule has 66 valence electrons. The summed E-state index contributed by atoms with van der Waals surface area (Å²) >= 11 is 0. The van der Waals surface area contributed by atoms with Crippen molar-refractivity contribution in [3.8, 4) is 6.07 Å². The molecule has 0 radical (unpaired) electrons. The molecule has 1 heterocycles. The first-order chi connectivity index (χ1) is 6.24. The first-order valence-electron chi connectivity index (χ1n) is 3.74. The van der Waals surface area contributed by atoms with Crippen molar-refractivity contribution >= 4 is 5.97 Å². The summed E-state index contributed by atoms with van der Waals surface area (Å²) in [4.78, 5) is 15.0. The molecule has 13 heavy (non-hydrogen) atoms. The second-order valence-corrected chi connectivity index (χ2v) is 2.42. The zero-order chi connectivity index (χ0) is 9.68. The van der Waals surface area contributed by atoms with Crippen molar-refractivity contribution in [2.45, 2.75) is 13.0 Å². The minimum Gasteiger partial charge on any atom is -0.444 e. The van der Waals surface area contributed by atoms with Crippen LogP contribution in [0.15, 0.2) is 24.5 Å². The molecule has 1 unspecified atom stereocenters. The standard InChI is InChI=1S/C9H8N2O2/c1-7(5-10)13-9(12)8-3-2-4-11-6-8/h2-4,6-7H,1H3. The third-order valence-electron chi connectivity index (χ3n) is 1.36. The van der Waals surface area contributed by atoms with E-state index in [1.54, 1.807) is 24.4 Å². The first-order valence-corrected chi connectivity index (χ1v) is 3.74. The van der Waals surface area contributed by atoms with Crippen molar-refractivity contribution in [2.24, 2.45) is 0 Å². The number of carbonyl (C=O) groups is 1. The number of nitriles is 1. The van der Waals surface area contributed by atoms with E-state index in [0.717, 1.165) is 0 Å². The second-order valence-electron chi connectivity index (χ2n) is 2.42. The van der Waals surface area contributed by atoms with Crippen LogP contribution in [0.3, 0.4) is 0 Å². The fourth-order valence-electron chi connectivity index (χ4n) is 0.738. The molecule has 0 aliphatic carbocycles. The highest BCUT2D eigenvalue weighted by Crippen LogP contribution is 2.01. The number of ether oxygens (including phenoxy) is 1. The summed E-state index contributed by atoms with van der Waals surface area (Å²) in [6, 6.07) is 5.02. The molecule has 0 N–H and O–H groups in total. The second kappa shape index (κ2) is 4.21. The van der Waals surface area contributed by atoms with Crippen LogP contribution in [0.4, 0.5) is 0 Å². The number of hydrogen-bond acceptors (Lipinski definition) is 4. The van der Waals surface area contributed by atoms with Crippen LogP contribution in [-0.2, 0) is 4.74 Å². The predicted molar refractivity (Wildman–Crippen MR) is 44.7 cm³/mol. The normalized spacial score (nSPS) is 11.4. The molecule has 0 aliphatic rings. The molecular weight excluding hydrogens is 168 g/mol. The number of hydrogen-bond donors (Lipinski definition) is 0. The van der Waals surface area contributed by atoms with Gasteiger partial charge in [-0.1, -0.05) is 0 Å². The van der Waals surface area contributed by atoms with Crippen LogP contribution < -0.4 is 0 Å². The maximum atomic E-state index is 11.2. The van der Waals surface area contributed by atoms with E-state index in [0.29, 0.717) is 5.56 Å². The van der Waals surface area contributed by atoms with Gasteiger partial charge in [-0.05, 0) is 19.1 Å². The zero-order valence-corrected chi connectivity index (χ0v) is 7.10. The molecule has 1 atom stereocenters. The van der Waals surface area contributed by atoms with Crippen molar-refractivity contribution < 1.29 is 9.53 Å². The van der Waals surface area contributed by atoms with Gasteiger partial charge < -0.3 is 4.74 Å². The lowest BCUT2D eigenvalue weighted by Crippen LogP contribution is -2.13. The van der Waals surface area contributed by atoms with Gasteiger partial charge in [-0.15, -0.1) is 0 Å².